The molecule has 4 rings (SSSR count). The summed E-state index contributed by atoms with van der Waals surface area (Å²) in [5.41, 5.74) is 1.74. The highest BCUT2D eigenvalue weighted by molar-refractivity contribution is 5.94. The topological polar surface area (TPSA) is 97.9 Å². The van der Waals surface area contributed by atoms with Gasteiger partial charge in [-0.05, 0) is 5.41 Å². The van der Waals surface area contributed by atoms with Crippen molar-refractivity contribution in [2.45, 2.75) is 66.1 Å². The lowest BCUT2D eigenvalue weighted by Gasteiger charge is -2.28. The van der Waals surface area contributed by atoms with Crippen molar-refractivity contribution in [1.82, 2.24) is 30.3 Å². The van der Waals surface area contributed by atoms with Gasteiger partial charge in [0.1, 0.15) is 11.9 Å². The number of imidazole rings is 1. The molecular weight excluding hydrogens is 404 g/mol. The largest absolute Gasteiger partial charge is 0.338 e. The second-order valence-electron chi connectivity index (χ2n) is 10.4. The van der Waals surface area contributed by atoms with Crippen LogP contribution in [0.4, 0.5) is 0 Å². The number of rotatable bonds is 4. The third-order valence-corrected chi connectivity index (χ3v) is 5.63. The Morgan fingerprint density at radius 2 is 1.84 bits per heavy atom. The fraction of sp³-hybridized carbons (Fsp3) is 0.500. The molecule has 0 fully saturated rings. The van der Waals surface area contributed by atoms with Gasteiger partial charge in [0.05, 0.1) is 5.69 Å². The molecule has 0 unspecified atom stereocenters. The van der Waals surface area contributed by atoms with Gasteiger partial charge in [-0.1, -0.05) is 77.0 Å². The summed E-state index contributed by atoms with van der Waals surface area (Å²) in [5.74, 6) is 1.60. The van der Waals surface area contributed by atoms with Crippen LogP contribution in [0.1, 0.15) is 75.5 Å². The van der Waals surface area contributed by atoms with E-state index < -0.39 is 6.04 Å². The normalized spacial score (nSPS) is 15.3. The predicted octanol–water partition coefficient (Wildman–Crippen LogP) is 3.85. The number of carbonyl (C=O) groups excluding carboxylic acids is 1. The molecule has 8 nitrogen and oxygen atoms in total. The first-order valence-electron chi connectivity index (χ1n) is 11.1. The molecule has 0 radical (unpaired) electrons. The molecule has 1 atom stereocenters. The number of carbonyl (C=O) groups is 1. The fourth-order valence-corrected chi connectivity index (χ4v) is 3.80. The zero-order valence-corrected chi connectivity index (χ0v) is 19.7. The first-order valence-corrected chi connectivity index (χ1v) is 11.1. The van der Waals surface area contributed by atoms with Gasteiger partial charge in [-0.2, -0.15) is 4.98 Å². The fourth-order valence-electron chi connectivity index (χ4n) is 3.80. The molecular formula is C24H32N6O2. The summed E-state index contributed by atoms with van der Waals surface area (Å²) in [5, 5.41) is 10.6. The molecule has 1 aliphatic heterocycles. The highest BCUT2D eigenvalue weighted by atomic mass is 16.5. The Labute approximate surface area is 188 Å². The molecule has 3 aromatic rings. The van der Waals surface area contributed by atoms with Crippen LogP contribution in [0.2, 0.25) is 0 Å². The van der Waals surface area contributed by atoms with Crippen molar-refractivity contribution in [2.24, 2.45) is 5.41 Å². The summed E-state index contributed by atoms with van der Waals surface area (Å²) in [7, 11) is 0. The average molecular weight is 437 g/mol. The maximum absolute atomic E-state index is 13.5. The summed E-state index contributed by atoms with van der Waals surface area (Å²) in [4.78, 5) is 22.9. The van der Waals surface area contributed by atoms with E-state index in [9.17, 15) is 4.79 Å². The second kappa shape index (κ2) is 8.16. The summed E-state index contributed by atoms with van der Waals surface area (Å²) in [6.45, 7) is 14.4. The van der Waals surface area contributed by atoms with E-state index in [0.29, 0.717) is 24.0 Å². The predicted molar refractivity (Wildman–Crippen MR) is 122 cm³/mol. The molecule has 0 saturated carbocycles. The minimum atomic E-state index is -0.451. The molecule has 1 aliphatic rings. The van der Waals surface area contributed by atoms with Crippen LogP contribution in [0, 0.1) is 5.41 Å². The van der Waals surface area contributed by atoms with E-state index >= 15 is 0 Å². The Balaban J connectivity index is 1.69. The zero-order valence-electron chi connectivity index (χ0n) is 19.7. The number of amides is 1. The second-order valence-corrected chi connectivity index (χ2v) is 10.4. The molecule has 0 saturated heterocycles. The maximum Gasteiger partial charge on any atom is 0.272 e. The van der Waals surface area contributed by atoms with Crippen LogP contribution >= 0.6 is 0 Å². The summed E-state index contributed by atoms with van der Waals surface area (Å²) < 4.78 is 7.73. The Kier molecular flexibility index (Phi) is 5.67. The standard InChI is InChI=1S/C24H32N6O2/c1-23(2,3)18(21-28-22(29-32-21)24(4,5)6)27-20(31)17-16-14-25-12-13-30(16)19(26-17)15-10-8-7-9-11-15/h7-11,18,25H,12-14H2,1-6H3,(H,27,31)/t18-/m1/s1. The highest BCUT2D eigenvalue weighted by Gasteiger charge is 2.36. The molecule has 8 heteroatoms. The minimum Gasteiger partial charge on any atom is -0.338 e. The third kappa shape index (κ3) is 4.32. The molecule has 32 heavy (non-hydrogen) atoms. The molecule has 1 aromatic carbocycles. The lowest BCUT2D eigenvalue weighted by atomic mass is 9.86. The molecule has 1 amide bonds. The van der Waals surface area contributed by atoms with Crippen molar-refractivity contribution >= 4 is 5.91 Å². The molecule has 170 valence electrons. The van der Waals surface area contributed by atoms with Crippen LogP contribution in [0.25, 0.3) is 11.4 Å². The molecule has 3 heterocycles. The van der Waals surface area contributed by atoms with Crippen molar-refractivity contribution in [3.05, 3.63) is 53.4 Å². The Bertz CT molecular complexity index is 1100. The number of nitrogens with one attached hydrogen (secondary N) is 2. The summed E-state index contributed by atoms with van der Waals surface area (Å²) in [6, 6.07) is 9.52. The number of nitrogens with zero attached hydrogens (tertiary/aromatic N) is 4. The van der Waals surface area contributed by atoms with Crippen molar-refractivity contribution < 1.29 is 9.32 Å². The van der Waals surface area contributed by atoms with E-state index in [-0.39, 0.29) is 16.7 Å². The van der Waals surface area contributed by atoms with Crippen molar-refractivity contribution in [3.8, 4) is 11.4 Å². The molecule has 2 aromatic heterocycles. The Hall–Kier alpha value is -3.00. The van der Waals surface area contributed by atoms with Gasteiger partial charge in [-0.15, -0.1) is 0 Å². The van der Waals surface area contributed by atoms with Crippen molar-refractivity contribution in [2.75, 3.05) is 6.54 Å². The number of aromatic nitrogens is 4. The molecule has 0 bridgehead atoms. The van der Waals surface area contributed by atoms with Gasteiger partial charge in [0.15, 0.2) is 11.5 Å². The van der Waals surface area contributed by atoms with Gasteiger partial charge in [0.25, 0.3) is 5.91 Å². The quantitative estimate of drug-likeness (QED) is 0.645. The average Bonchev–Trinajstić information content (AvgIpc) is 3.37. The van der Waals surface area contributed by atoms with Gasteiger partial charge in [-0.25, -0.2) is 4.98 Å². The van der Waals surface area contributed by atoms with Gasteiger partial charge >= 0.3 is 0 Å². The van der Waals surface area contributed by atoms with Gasteiger partial charge in [-0.3, -0.25) is 4.79 Å². The number of benzene rings is 1. The highest BCUT2D eigenvalue weighted by Crippen LogP contribution is 2.34. The lowest BCUT2D eigenvalue weighted by molar-refractivity contribution is 0.0874. The third-order valence-electron chi connectivity index (χ3n) is 5.63. The van der Waals surface area contributed by atoms with E-state index in [1.807, 2.05) is 71.9 Å². The molecule has 0 aliphatic carbocycles. The maximum atomic E-state index is 13.5. The monoisotopic (exact) mass is 436 g/mol. The molecule has 2 N–H and O–H groups in total. The SMILES string of the molecule is CC(C)(C)c1noc([C@@H](NC(=O)c2nc(-c3ccccc3)n3c2CNCC3)C(C)(C)C)n1. The molecule has 0 spiro atoms. The van der Waals surface area contributed by atoms with Crippen LogP contribution in [0.5, 0.6) is 0 Å². The Morgan fingerprint density at radius 3 is 2.47 bits per heavy atom. The Morgan fingerprint density at radius 1 is 1.12 bits per heavy atom. The van der Waals surface area contributed by atoms with Crippen LogP contribution in [-0.4, -0.2) is 32.1 Å². The number of hydrogen-bond acceptors (Lipinski definition) is 6. The van der Waals surface area contributed by atoms with E-state index in [1.54, 1.807) is 0 Å². The summed E-state index contributed by atoms with van der Waals surface area (Å²) in [6.07, 6.45) is 0. The first kappa shape index (κ1) is 22.2. The van der Waals surface area contributed by atoms with Gasteiger partial charge in [0, 0.05) is 30.6 Å². The van der Waals surface area contributed by atoms with Crippen LogP contribution in [-0.2, 0) is 18.5 Å². The van der Waals surface area contributed by atoms with E-state index in [4.69, 9.17) is 9.51 Å². The van der Waals surface area contributed by atoms with E-state index in [1.165, 1.54) is 0 Å². The smallest absolute Gasteiger partial charge is 0.272 e. The van der Waals surface area contributed by atoms with Crippen LogP contribution < -0.4 is 10.6 Å². The minimum absolute atomic E-state index is 0.241. The zero-order chi connectivity index (χ0) is 23.1. The number of hydrogen-bond donors (Lipinski definition) is 2. The van der Waals surface area contributed by atoms with Crippen molar-refractivity contribution in [1.29, 1.82) is 0 Å². The van der Waals surface area contributed by atoms with Gasteiger partial charge < -0.3 is 19.7 Å². The van der Waals surface area contributed by atoms with Gasteiger partial charge in [0.2, 0.25) is 5.89 Å². The van der Waals surface area contributed by atoms with E-state index in [2.05, 4.69) is 25.3 Å². The van der Waals surface area contributed by atoms with Crippen LogP contribution in [0.15, 0.2) is 34.9 Å². The lowest BCUT2D eigenvalue weighted by Crippen LogP contribution is -2.38. The summed E-state index contributed by atoms with van der Waals surface area (Å²) >= 11 is 0. The number of fused-ring (bicyclic) bond motifs is 1. The van der Waals surface area contributed by atoms with Crippen LogP contribution in [0.3, 0.4) is 0 Å². The first-order chi connectivity index (χ1) is 15.1. The van der Waals surface area contributed by atoms with Crippen molar-refractivity contribution in [3.63, 3.8) is 0 Å². The van der Waals surface area contributed by atoms with E-state index in [0.717, 1.165) is 30.2 Å².